The van der Waals surface area contributed by atoms with Crippen LogP contribution < -0.4 is 10.5 Å². The Balaban J connectivity index is 2.27. The van der Waals surface area contributed by atoms with Crippen molar-refractivity contribution in [3.8, 4) is 11.8 Å². The fourth-order valence-electron chi connectivity index (χ4n) is 1.47. The van der Waals surface area contributed by atoms with Gasteiger partial charge in [0.15, 0.2) is 0 Å². The number of ether oxygens (including phenoxy) is 1. The molecule has 0 unspecified atom stereocenters. The quantitative estimate of drug-likeness (QED) is 0.521. The number of rotatable bonds is 4. The van der Waals surface area contributed by atoms with Gasteiger partial charge in [0.2, 0.25) is 0 Å². The summed E-state index contributed by atoms with van der Waals surface area (Å²) in [5.74, 6) is 0.699. The minimum atomic E-state index is 0.325. The highest BCUT2D eigenvalue weighted by Gasteiger charge is 2.06. The number of hydrogen-bond acceptors (Lipinski definition) is 4. The fourth-order valence-corrected chi connectivity index (χ4v) is 1.74. The molecular formula is C13H12IN3O. The van der Waals surface area contributed by atoms with Gasteiger partial charge in [-0.25, -0.2) is 9.97 Å². The lowest BCUT2D eigenvalue weighted by Gasteiger charge is -2.09. The van der Waals surface area contributed by atoms with Crippen LogP contribution in [0.5, 0.6) is 11.8 Å². The van der Waals surface area contributed by atoms with Crippen molar-refractivity contribution in [3.63, 3.8) is 0 Å². The topological polar surface area (TPSA) is 61.0 Å². The van der Waals surface area contributed by atoms with Crippen LogP contribution in [-0.2, 0) is 6.42 Å². The van der Waals surface area contributed by atoms with E-state index < -0.39 is 0 Å². The van der Waals surface area contributed by atoms with E-state index in [1.165, 1.54) is 0 Å². The van der Waals surface area contributed by atoms with Gasteiger partial charge in [0.05, 0.1) is 0 Å². The highest BCUT2D eigenvalue weighted by atomic mass is 127. The molecule has 0 aliphatic carbocycles. The van der Waals surface area contributed by atoms with Gasteiger partial charge in [-0.05, 0) is 47.2 Å². The molecule has 1 aromatic heterocycles. The number of benzene rings is 1. The van der Waals surface area contributed by atoms with E-state index in [9.17, 15) is 0 Å². The highest BCUT2D eigenvalue weighted by molar-refractivity contribution is 14.1. The van der Waals surface area contributed by atoms with Crippen molar-refractivity contribution >= 4 is 28.3 Å². The van der Waals surface area contributed by atoms with Gasteiger partial charge in [-0.3, -0.25) is 0 Å². The number of nitrogens with zero attached hydrogens (tertiary/aromatic N) is 2. The third-order valence-corrected chi connectivity index (χ3v) is 2.80. The number of nitrogen functional groups attached to an aromatic ring is 1. The Hall–Kier alpha value is -1.63. The predicted octanol–water partition coefficient (Wildman–Crippen LogP) is 3.18. The monoisotopic (exact) mass is 353 g/mol. The zero-order valence-corrected chi connectivity index (χ0v) is 11.8. The Morgan fingerprint density at radius 1 is 1.33 bits per heavy atom. The molecule has 0 fully saturated rings. The lowest BCUT2D eigenvalue weighted by molar-refractivity contribution is 0.437. The smallest absolute Gasteiger partial charge is 0.321 e. The number of nitrogens with two attached hydrogens (primary N) is 1. The van der Waals surface area contributed by atoms with E-state index in [0.29, 0.717) is 23.9 Å². The normalized spacial score (nSPS) is 10.1. The maximum absolute atomic E-state index is 5.75. The summed E-state index contributed by atoms with van der Waals surface area (Å²) in [6.07, 6.45) is 5.89. The van der Waals surface area contributed by atoms with Crippen LogP contribution in [0.4, 0.5) is 5.69 Å². The van der Waals surface area contributed by atoms with Crippen LogP contribution in [0.2, 0.25) is 0 Å². The number of hydrogen-bond donors (Lipinski definition) is 1. The van der Waals surface area contributed by atoms with Gasteiger partial charge in [0.25, 0.3) is 0 Å². The Kier molecular flexibility index (Phi) is 4.14. The zero-order valence-electron chi connectivity index (χ0n) is 9.64. The average molecular weight is 353 g/mol. The molecular weight excluding hydrogens is 341 g/mol. The van der Waals surface area contributed by atoms with Gasteiger partial charge in [-0.2, -0.15) is 0 Å². The fraction of sp³-hybridized carbons (Fsp3) is 0.0769. The summed E-state index contributed by atoms with van der Waals surface area (Å²) in [5.41, 5.74) is 7.41. The molecule has 0 saturated heterocycles. The van der Waals surface area contributed by atoms with Gasteiger partial charge in [0.1, 0.15) is 5.75 Å². The van der Waals surface area contributed by atoms with E-state index in [1.807, 2.05) is 12.1 Å². The van der Waals surface area contributed by atoms with E-state index in [4.69, 9.17) is 10.5 Å². The van der Waals surface area contributed by atoms with E-state index in [0.717, 1.165) is 9.13 Å². The summed E-state index contributed by atoms with van der Waals surface area (Å²) in [5, 5.41) is 0. The number of anilines is 1. The zero-order chi connectivity index (χ0) is 13.0. The summed E-state index contributed by atoms with van der Waals surface area (Å²) >= 11 is 2.14. The molecule has 0 spiro atoms. The SMILES string of the molecule is C=CCc1cc(N)ccc1Oc1ncc(I)cn1. The van der Waals surface area contributed by atoms with Gasteiger partial charge in [-0.15, -0.1) is 6.58 Å². The van der Waals surface area contributed by atoms with Gasteiger partial charge >= 0.3 is 6.01 Å². The second-order valence-corrected chi connectivity index (χ2v) is 4.89. The highest BCUT2D eigenvalue weighted by Crippen LogP contribution is 2.25. The second kappa shape index (κ2) is 5.81. The van der Waals surface area contributed by atoms with Crippen molar-refractivity contribution < 1.29 is 4.74 Å². The summed E-state index contributed by atoms with van der Waals surface area (Å²) in [6.45, 7) is 3.72. The van der Waals surface area contributed by atoms with E-state index in [2.05, 4.69) is 39.1 Å². The van der Waals surface area contributed by atoms with Crippen molar-refractivity contribution in [2.24, 2.45) is 0 Å². The van der Waals surface area contributed by atoms with E-state index in [1.54, 1.807) is 24.5 Å². The molecule has 0 aliphatic rings. The van der Waals surface area contributed by atoms with Crippen LogP contribution >= 0.6 is 22.6 Å². The third kappa shape index (κ3) is 3.19. The van der Waals surface area contributed by atoms with Crippen LogP contribution in [-0.4, -0.2) is 9.97 Å². The molecule has 4 nitrogen and oxygen atoms in total. The molecule has 1 heterocycles. The Morgan fingerprint density at radius 2 is 2.06 bits per heavy atom. The van der Waals surface area contributed by atoms with Crippen molar-refractivity contribution in [2.75, 3.05) is 5.73 Å². The van der Waals surface area contributed by atoms with E-state index in [-0.39, 0.29) is 0 Å². The maximum Gasteiger partial charge on any atom is 0.321 e. The average Bonchev–Trinajstić information content (AvgIpc) is 2.36. The molecule has 0 aliphatic heterocycles. The van der Waals surface area contributed by atoms with Crippen molar-refractivity contribution in [1.82, 2.24) is 9.97 Å². The second-order valence-electron chi connectivity index (χ2n) is 3.65. The first-order valence-electron chi connectivity index (χ1n) is 5.33. The van der Waals surface area contributed by atoms with E-state index >= 15 is 0 Å². The first-order chi connectivity index (χ1) is 8.69. The summed E-state index contributed by atoms with van der Waals surface area (Å²) < 4.78 is 6.60. The molecule has 5 heteroatoms. The van der Waals surface area contributed by atoms with Crippen LogP contribution in [0.1, 0.15) is 5.56 Å². The molecule has 18 heavy (non-hydrogen) atoms. The number of aromatic nitrogens is 2. The molecule has 0 bridgehead atoms. The predicted molar refractivity (Wildman–Crippen MR) is 79.6 cm³/mol. The molecule has 0 amide bonds. The minimum Gasteiger partial charge on any atom is -0.424 e. The number of halogens is 1. The Labute approximate surface area is 119 Å². The molecule has 0 saturated carbocycles. The van der Waals surface area contributed by atoms with Crippen molar-refractivity contribution in [2.45, 2.75) is 6.42 Å². The van der Waals surface area contributed by atoms with Crippen LogP contribution in [0.15, 0.2) is 43.2 Å². The Morgan fingerprint density at radius 3 is 2.72 bits per heavy atom. The Bertz CT molecular complexity index is 555. The van der Waals surface area contributed by atoms with Crippen molar-refractivity contribution in [3.05, 3.63) is 52.4 Å². The number of allylic oxidation sites excluding steroid dienone is 1. The van der Waals surface area contributed by atoms with Crippen molar-refractivity contribution in [1.29, 1.82) is 0 Å². The van der Waals surface area contributed by atoms with Gasteiger partial charge in [-0.1, -0.05) is 6.08 Å². The van der Waals surface area contributed by atoms with Crippen LogP contribution in [0.25, 0.3) is 0 Å². The molecule has 1 aromatic carbocycles. The maximum atomic E-state index is 5.75. The largest absolute Gasteiger partial charge is 0.424 e. The standard InChI is InChI=1S/C13H12IN3O/c1-2-3-9-6-11(15)4-5-12(9)18-13-16-7-10(14)8-17-13/h2,4-8H,1,3,15H2. The first kappa shape index (κ1) is 12.8. The summed E-state index contributed by atoms with van der Waals surface area (Å²) in [6, 6.07) is 5.79. The molecule has 2 aromatic rings. The molecule has 92 valence electrons. The lowest BCUT2D eigenvalue weighted by Crippen LogP contribution is -1.96. The molecule has 0 atom stereocenters. The summed E-state index contributed by atoms with van der Waals surface area (Å²) in [4.78, 5) is 8.20. The van der Waals surface area contributed by atoms with Gasteiger partial charge < -0.3 is 10.5 Å². The van der Waals surface area contributed by atoms with Gasteiger partial charge in [0, 0.05) is 27.2 Å². The molecule has 2 N–H and O–H groups in total. The lowest BCUT2D eigenvalue weighted by atomic mass is 10.1. The molecule has 2 rings (SSSR count). The summed E-state index contributed by atoms with van der Waals surface area (Å²) in [7, 11) is 0. The van der Waals surface area contributed by atoms with Crippen LogP contribution in [0.3, 0.4) is 0 Å². The van der Waals surface area contributed by atoms with Crippen LogP contribution in [0, 0.1) is 3.57 Å². The first-order valence-corrected chi connectivity index (χ1v) is 6.41. The third-order valence-electron chi connectivity index (χ3n) is 2.25. The minimum absolute atomic E-state index is 0.325. The molecule has 0 radical (unpaired) electrons.